The smallest absolute Gasteiger partial charge is 0.337 e. The number of aryl methyl sites for hydroxylation is 1. The number of hydrogen-bond donors (Lipinski definition) is 3. The fourth-order valence-electron chi connectivity index (χ4n) is 4.10. The van der Waals surface area contributed by atoms with Crippen molar-refractivity contribution in [3.8, 4) is 11.5 Å². The predicted octanol–water partition coefficient (Wildman–Crippen LogP) is 5.52. The second kappa shape index (κ2) is 7.94. The number of pyridine rings is 1. The molecule has 33 heavy (non-hydrogen) atoms. The molecule has 2 aromatic carbocycles. The molecule has 0 amide bonds. The van der Waals surface area contributed by atoms with Gasteiger partial charge in [-0.25, -0.2) is 4.79 Å². The lowest BCUT2D eigenvalue weighted by molar-refractivity contribution is 0.0698. The molecule has 0 fully saturated rings. The summed E-state index contributed by atoms with van der Waals surface area (Å²) in [7, 11) is 0. The number of aromatic nitrogens is 2. The summed E-state index contributed by atoms with van der Waals surface area (Å²) >= 11 is 0. The summed E-state index contributed by atoms with van der Waals surface area (Å²) in [6, 6.07) is 15.4. The largest absolute Gasteiger partial charge is 0.478 e. The first-order valence-electron chi connectivity index (χ1n) is 10.5. The van der Waals surface area contributed by atoms with Gasteiger partial charge in [-0.3, -0.25) is 9.78 Å². The van der Waals surface area contributed by atoms with Crippen LogP contribution >= 0.6 is 0 Å². The monoisotopic (exact) mass is 439 g/mol. The van der Waals surface area contributed by atoms with Crippen molar-refractivity contribution in [3.05, 3.63) is 93.9 Å². The van der Waals surface area contributed by atoms with Gasteiger partial charge in [0.2, 0.25) is 0 Å². The summed E-state index contributed by atoms with van der Waals surface area (Å²) < 4.78 is 6.27. The van der Waals surface area contributed by atoms with Gasteiger partial charge in [0.25, 0.3) is 0 Å². The standard InChI is InChI=1S/C26H21N3O4/c1-14-9-18(15(2)28-21-6-4-3-5-17(21)26(31)32)25-19(10-14)23(30)12-24(33-25)22-11-16-13-27-8-7-20(16)29-22/h3-13,15,28-29H,1-2H3,(H,31,32). The van der Waals surface area contributed by atoms with E-state index in [1.54, 1.807) is 36.7 Å². The van der Waals surface area contributed by atoms with E-state index in [-0.39, 0.29) is 17.0 Å². The molecule has 0 radical (unpaired) electrons. The molecule has 164 valence electrons. The fraction of sp³-hybridized carbons (Fsp3) is 0.115. The lowest BCUT2D eigenvalue weighted by Crippen LogP contribution is -2.12. The molecule has 0 aliphatic heterocycles. The van der Waals surface area contributed by atoms with Crippen molar-refractivity contribution >= 4 is 33.5 Å². The van der Waals surface area contributed by atoms with Crippen LogP contribution < -0.4 is 10.7 Å². The van der Waals surface area contributed by atoms with Crippen molar-refractivity contribution < 1.29 is 14.3 Å². The summed E-state index contributed by atoms with van der Waals surface area (Å²) in [4.78, 5) is 32.1. The van der Waals surface area contributed by atoms with Gasteiger partial charge in [0, 0.05) is 40.6 Å². The average molecular weight is 439 g/mol. The molecular formula is C26H21N3O4. The van der Waals surface area contributed by atoms with Crippen molar-refractivity contribution in [3.63, 3.8) is 0 Å². The summed E-state index contributed by atoms with van der Waals surface area (Å²) in [6.45, 7) is 3.83. The highest BCUT2D eigenvalue weighted by Crippen LogP contribution is 2.31. The molecule has 1 atom stereocenters. The molecule has 0 spiro atoms. The van der Waals surface area contributed by atoms with Crippen LogP contribution in [0, 0.1) is 6.92 Å². The van der Waals surface area contributed by atoms with E-state index in [0.717, 1.165) is 22.0 Å². The van der Waals surface area contributed by atoms with Crippen LogP contribution in [0.1, 0.15) is 34.5 Å². The second-order valence-electron chi connectivity index (χ2n) is 8.07. The van der Waals surface area contributed by atoms with Crippen molar-refractivity contribution in [1.82, 2.24) is 9.97 Å². The van der Waals surface area contributed by atoms with Crippen LogP contribution in [0.5, 0.6) is 0 Å². The Bertz CT molecular complexity index is 1550. The fourth-order valence-corrected chi connectivity index (χ4v) is 4.10. The lowest BCUT2D eigenvalue weighted by atomic mass is 10.0. The molecule has 0 aliphatic carbocycles. The number of nitrogens with zero attached hydrogens (tertiary/aromatic N) is 1. The van der Waals surface area contributed by atoms with Crippen LogP contribution in [0.2, 0.25) is 0 Å². The zero-order chi connectivity index (χ0) is 23.1. The van der Waals surface area contributed by atoms with Gasteiger partial charge in [0.1, 0.15) is 5.58 Å². The summed E-state index contributed by atoms with van der Waals surface area (Å²) in [5.74, 6) is -0.589. The molecule has 0 saturated heterocycles. The summed E-state index contributed by atoms with van der Waals surface area (Å²) in [5, 5.41) is 14.2. The third-order valence-electron chi connectivity index (χ3n) is 5.68. The zero-order valence-electron chi connectivity index (χ0n) is 18.0. The van der Waals surface area contributed by atoms with Gasteiger partial charge in [-0.15, -0.1) is 0 Å². The second-order valence-corrected chi connectivity index (χ2v) is 8.07. The van der Waals surface area contributed by atoms with E-state index in [9.17, 15) is 14.7 Å². The molecule has 5 aromatic rings. The molecule has 1 unspecified atom stereocenters. The van der Waals surface area contributed by atoms with Crippen LogP contribution in [0.25, 0.3) is 33.3 Å². The van der Waals surface area contributed by atoms with Gasteiger partial charge in [0.05, 0.1) is 22.7 Å². The number of fused-ring (bicyclic) bond motifs is 2. The lowest BCUT2D eigenvalue weighted by Gasteiger charge is -2.19. The van der Waals surface area contributed by atoms with Crippen LogP contribution in [0.15, 0.2) is 76.2 Å². The number of anilines is 1. The molecule has 7 heteroatoms. The van der Waals surface area contributed by atoms with Crippen molar-refractivity contribution in [2.75, 3.05) is 5.32 Å². The molecule has 3 N–H and O–H groups in total. The molecule has 3 aromatic heterocycles. The van der Waals surface area contributed by atoms with Gasteiger partial charge in [-0.2, -0.15) is 0 Å². The van der Waals surface area contributed by atoms with Crippen LogP contribution in [-0.2, 0) is 0 Å². The van der Waals surface area contributed by atoms with E-state index >= 15 is 0 Å². The summed E-state index contributed by atoms with van der Waals surface area (Å²) in [5.41, 5.74) is 4.24. The maximum absolute atomic E-state index is 13.0. The minimum absolute atomic E-state index is 0.147. The first-order chi connectivity index (χ1) is 15.9. The molecule has 7 nitrogen and oxygen atoms in total. The molecule has 5 rings (SSSR count). The molecule has 0 aliphatic rings. The third kappa shape index (κ3) is 3.74. The number of H-pyrrole nitrogens is 1. The number of carboxylic acid groups (broad SMARTS) is 1. The molecule has 0 bridgehead atoms. The highest BCUT2D eigenvalue weighted by Gasteiger charge is 2.19. The number of rotatable bonds is 5. The van der Waals surface area contributed by atoms with Gasteiger partial charge in [-0.1, -0.05) is 18.2 Å². The number of aromatic carboxylic acids is 1. The zero-order valence-corrected chi connectivity index (χ0v) is 18.0. The van der Waals surface area contributed by atoms with E-state index in [4.69, 9.17) is 4.42 Å². The van der Waals surface area contributed by atoms with Crippen LogP contribution in [0.3, 0.4) is 0 Å². The highest BCUT2D eigenvalue weighted by molar-refractivity contribution is 5.94. The minimum atomic E-state index is -1.01. The van der Waals surface area contributed by atoms with E-state index in [0.29, 0.717) is 28.1 Å². The number of carboxylic acids is 1. The molecular weight excluding hydrogens is 418 g/mol. The maximum atomic E-state index is 13.0. The van der Waals surface area contributed by atoms with E-state index in [1.807, 2.05) is 38.1 Å². The number of para-hydroxylation sites is 1. The number of benzene rings is 2. The van der Waals surface area contributed by atoms with Crippen molar-refractivity contribution in [1.29, 1.82) is 0 Å². The van der Waals surface area contributed by atoms with E-state index in [1.165, 1.54) is 6.07 Å². The van der Waals surface area contributed by atoms with Crippen LogP contribution in [0.4, 0.5) is 5.69 Å². The maximum Gasteiger partial charge on any atom is 0.337 e. The number of nitrogens with one attached hydrogen (secondary N) is 2. The number of aromatic amines is 1. The minimum Gasteiger partial charge on any atom is -0.478 e. The Hall–Kier alpha value is -4.39. The SMILES string of the molecule is Cc1cc(C(C)Nc2ccccc2C(=O)O)c2oc(-c3cc4cnccc4[nH]3)cc(=O)c2c1. The predicted molar refractivity (Wildman–Crippen MR) is 128 cm³/mol. The Morgan fingerprint density at radius 1 is 1.15 bits per heavy atom. The average Bonchev–Trinajstić information content (AvgIpc) is 3.23. The Kier molecular flexibility index (Phi) is 4.94. The first-order valence-corrected chi connectivity index (χ1v) is 10.5. The van der Waals surface area contributed by atoms with Gasteiger partial charge >= 0.3 is 5.97 Å². The Labute approximate surface area is 188 Å². The van der Waals surface area contributed by atoms with Crippen molar-refractivity contribution in [2.24, 2.45) is 0 Å². The number of carbonyl (C=O) groups is 1. The Morgan fingerprint density at radius 3 is 2.76 bits per heavy atom. The molecule has 0 saturated carbocycles. The first kappa shape index (κ1) is 20.5. The number of hydrogen-bond acceptors (Lipinski definition) is 5. The Balaban J connectivity index is 1.64. The molecule has 3 heterocycles. The topological polar surface area (TPSA) is 108 Å². The summed E-state index contributed by atoms with van der Waals surface area (Å²) in [6.07, 6.45) is 3.44. The Morgan fingerprint density at radius 2 is 1.97 bits per heavy atom. The van der Waals surface area contributed by atoms with Gasteiger partial charge in [-0.05, 0) is 49.7 Å². The van der Waals surface area contributed by atoms with E-state index in [2.05, 4.69) is 15.3 Å². The van der Waals surface area contributed by atoms with Crippen LogP contribution in [-0.4, -0.2) is 21.0 Å². The third-order valence-corrected chi connectivity index (χ3v) is 5.68. The van der Waals surface area contributed by atoms with Crippen molar-refractivity contribution in [2.45, 2.75) is 19.9 Å². The normalized spacial score (nSPS) is 12.2. The van der Waals surface area contributed by atoms with Gasteiger partial charge < -0.3 is 19.8 Å². The van der Waals surface area contributed by atoms with Gasteiger partial charge in [0.15, 0.2) is 11.2 Å². The quantitative estimate of drug-likeness (QED) is 0.333. The van der Waals surface area contributed by atoms with E-state index < -0.39 is 5.97 Å². The highest BCUT2D eigenvalue weighted by atomic mass is 16.4.